The third kappa shape index (κ3) is 2.37. The number of aliphatic hydroxyl groups excluding tert-OH is 1. The topological polar surface area (TPSA) is 102 Å². The van der Waals surface area contributed by atoms with Crippen molar-refractivity contribution in [3.63, 3.8) is 0 Å². The maximum atomic E-state index is 12.9. The van der Waals surface area contributed by atoms with Crippen LogP contribution in [0.4, 0.5) is 8.78 Å². The first kappa shape index (κ1) is 17.6. The van der Waals surface area contributed by atoms with Crippen molar-refractivity contribution >= 4 is 11.8 Å². The van der Waals surface area contributed by atoms with E-state index in [4.69, 9.17) is 4.74 Å². The van der Waals surface area contributed by atoms with E-state index < -0.39 is 53.8 Å². The highest BCUT2D eigenvalue weighted by Gasteiger charge is 2.68. The van der Waals surface area contributed by atoms with Crippen LogP contribution in [0, 0.1) is 11.8 Å². The summed E-state index contributed by atoms with van der Waals surface area (Å²) in [5.74, 6) is -4.79. The first-order valence-corrected chi connectivity index (χ1v) is 7.51. The number of hydrogen-bond acceptors (Lipinski definition) is 7. The van der Waals surface area contributed by atoms with Crippen LogP contribution in [-0.4, -0.2) is 53.5 Å². The quantitative estimate of drug-likeness (QED) is 0.769. The lowest BCUT2D eigenvalue weighted by Crippen LogP contribution is -2.56. The molecule has 5 atom stereocenters. The predicted molar refractivity (Wildman–Crippen MR) is 77.4 cm³/mol. The summed E-state index contributed by atoms with van der Waals surface area (Å²) in [6, 6.07) is 3.90. The molecule has 25 heavy (non-hydrogen) atoms. The van der Waals surface area contributed by atoms with Crippen molar-refractivity contribution < 1.29 is 42.8 Å². The van der Waals surface area contributed by atoms with E-state index in [1.54, 1.807) is 0 Å². The van der Waals surface area contributed by atoms with Gasteiger partial charge in [0.1, 0.15) is 35.2 Å². The Morgan fingerprint density at radius 2 is 2.08 bits per heavy atom. The molecule has 0 aromatic heterocycles. The Kier molecular flexibility index (Phi) is 4.16. The molecule has 3 rings (SSSR count). The first-order valence-electron chi connectivity index (χ1n) is 7.51. The summed E-state index contributed by atoms with van der Waals surface area (Å²) < 4.78 is 39.7. The van der Waals surface area contributed by atoms with Crippen molar-refractivity contribution in [2.75, 3.05) is 7.11 Å². The summed E-state index contributed by atoms with van der Waals surface area (Å²) in [5, 5.41) is 21.1. The molecule has 7 nitrogen and oxygen atoms in total. The Morgan fingerprint density at radius 3 is 2.68 bits per heavy atom. The van der Waals surface area contributed by atoms with Gasteiger partial charge in [0.25, 0.3) is 0 Å². The molecule has 0 spiro atoms. The van der Waals surface area contributed by atoms with Crippen LogP contribution in [0.5, 0.6) is 11.5 Å². The second-order valence-corrected chi connectivity index (χ2v) is 6.05. The minimum Gasteiger partial charge on any atom is -0.488 e. The van der Waals surface area contributed by atoms with Gasteiger partial charge in [-0.3, -0.25) is 4.79 Å². The lowest BCUT2D eigenvalue weighted by Gasteiger charge is -2.34. The molecule has 136 valence electrons. The minimum absolute atomic E-state index is 0.0161. The van der Waals surface area contributed by atoms with E-state index in [0.29, 0.717) is 0 Å². The SMILES string of the molecule is COC(=O)[C@]1(O)[C@@H]2C(=O)c3c(OC(F)F)cccc3O[C@@H]2[C@@H](C)[C@@H]1O. The summed E-state index contributed by atoms with van der Waals surface area (Å²) in [6.45, 7) is -1.68. The second-order valence-electron chi connectivity index (χ2n) is 6.05. The zero-order valence-corrected chi connectivity index (χ0v) is 13.3. The summed E-state index contributed by atoms with van der Waals surface area (Å²) in [5.41, 5.74) is -2.86. The number of halogens is 2. The number of fused-ring (bicyclic) bond motifs is 2. The fourth-order valence-electron chi connectivity index (χ4n) is 3.60. The predicted octanol–water partition coefficient (Wildman–Crippen LogP) is 0.763. The van der Waals surface area contributed by atoms with E-state index in [1.165, 1.54) is 19.1 Å². The van der Waals surface area contributed by atoms with Crippen LogP contribution in [0.3, 0.4) is 0 Å². The molecule has 0 saturated heterocycles. The van der Waals surface area contributed by atoms with Crippen molar-refractivity contribution in [1.29, 1.82) is 0 Å². The molecule has 2 aliphatic rings. The van der Waals surface area contributed by atoms with E-state index in [0.717, 1.165) is 13.2 Å². The molecule has 9 heteroatoms. The Bertz CT molecular complexity index is 722. The number of rotatable bonds is 3. The van der Waals surface area contributed by atoms with Crippen molar-refractivity contribution in [3.8, 4) is 11.5 Å². The van der Waals surface area contributed by atoms with Gasteiger partial charge in [-0.15, -0.1) is 0 Å². The average Bonchev–Trinajstić information content (AvgIpc) is 2.76. The molecule has 1 fully saturated rings. The van der Waals surface area contributed by atoms with Gasteiger partial charge in [0.15, 0.2) is 5.78 Å². The van der Waals surface area contributed by atoms with E-state index in [2.05, 4.69) is 9.47 Å². The third-order valence-corrected chi connectivity index (χ3v) is 4.78. The number of hydrogen-bond donors (Lipinski definition) is 2. The number of benzene rings is 1. The van der Waals surface area contributed by atoms with Gasteiger partial charge in [-0.2, -0.15) is 8.78 Å². The molecular formula is C16H16F2O7. The number of methoxy groups -OCH3 is 1. The lowest BCUT2D eigenvalue weighted by atomic mass is 9.80. The molecule has 2 N–H and O–H groups in total. The van der Waals surface area contributed by atoms with Gasteiger partial charge in [-0.1, -0.05) is 13.0 Å². The van der Waals surface area contributed by atoms with Gasteiger partial charge in [-0.25, -0.2) is 4.79 Å². The van der Waals surface area contributed by atoms with Crippen molar-refractivity contribution in [2.45, 2.75) is 31.3 Å². The highest BCUT2D eigenvalue weighted by atomic mass is 19.3. The Labute approximate surface area is 141 Å². The number of carbonyl (C=O) groups excluding carboxylic acids is 2. The first-order chi connectivity index (χ1) is 11.7. The fraction of sp³-hybridized carbons (Fsp3) is 0.500. The fourth-order valence-corrected chi connectivity index (χ4v) is 3.60. The number of esters is 1. The highest BCUT2D eigenvalue weighted by Crippen LogP contribution is 2.50. The van der Waals surface area contributed by atoms with Gasteiger partial charge in [-0.05, 0) is 12.1 Å². The largest absolute Gasteiger partial charge is 0.488 e. The van der Waals surface area contributed by atoms with Gasteiger partial charge < -0.3 is 24.4 Å². The average molecular weight is 358 g/mol. The van der Waals surface area contributed by atoms with E-state index in [-0.39, 0.29) is 11.3 Å². The van der Waals surface area contributed by atoms with Crippen LogP contribution in [-0.2, 0) is 9.53 Å². The van der Waals surface area contributed by atoms with Crippen LogP contribution in [0.2, 0.25) is 0 Å². The van der Waals surface area contributed by atoms with Crippen LogP contribution in [0.1, 0.15) is 17.3 Å². The summed E-state index contributed by atoms with van der Waals surface area (Å²) in [7, 11) is 0.998. The molecule has 1 heterocycles. The normalized spacial score (nSPS) is 33.5. The summed E-state index contributed by atoms with van der Waals surface area (Å²) in [6.07, 6.45) is -2.66. The minimum atomic E-state index is -3.18. The number of ketones is 1. The van der Waals surface area contributed by atoms with E-state index in [1.807, 2.05) is 0 Å². The Morgan fingerprint density at radius 1 is 1.40 bits per heavy atom. The Balaban J connectivity index is 2.13. The molecule has 0 amide bonds. The van der Waals surface area contributed by atoms with Crippen molar-refractivity contribution in [1.82, 2.24) is 0 Å². The van der Waals surface area contributed by atoms with Crippen LogP contribution >= 0.6 is 0 Å². The molecular weight excluding hydrogens is 342 g/mol. The van der Waals surface area contributed by atoms with Gasteiger partial charge in [0, 0.05) is 5.92 Å². The van der Waals surface area contributed by atoms with Gasteiger partial charge in [0.05, 0.1) is 7.11 Å². The van der Waals surface area contributed by atoms with Crippen LogP contribution in [0.15, 0.2) is 18.2 Å². The molecule has 1 saturated carbocycles. The van der Waals surface area contributed by atoms with Gasteiger partial charge in [0.2, 0.25) is 5.60 Å². The maximum Gasteiger partial charge on any atom is 0.387 e. The Hall–Kier alpha value is -2.26. The number of alkyl halides is 2. The number of ether oxygens (including phenoxy) is 3. The van der Waals surface area contributed by atoms with Gasteiger partial charge >= 0.3 is 12.6 Å². The van der Waals surface area contributed by atoms with Crippen molar-refractivity contribution in [2.24, 2.45) is 11.8 Å². The molecule has 1 aromatic carbocycles. The molecule has 0 unspecified atom stereocenters. The van der Waals surface area contributed by atoms with E-state index in [9.17, 15) is 28.6 Å². The molecule has 0 bridgehead atoms. The zero-order valence-electron chi connectivity index (χ0n) is 13.3. The maximum absolute atomic E-state index is 12.9. The second kappa shape index (κ2) is 5.92. The zero-order chi connectivity index (χ0) is 18.5. The number of aliphatic hydroxyl groups is 2. The standard InChI is InChI=1S/C16H16F2O7/c1-6-12-10(16(22,13(6)20)14(21)23-2)11(19)9-7(24-12)4-3-5-8(9)25-15(17)18/h3-6,10,12-13,15,20,22H,1-2H3/t6-,10-,12-,13+,16+/m1/s1. The van der Waals surface area contributed by atoms with Crippen molar-refractivity contribution in [3.05, 3.63) is 23.8 Å². The van der Waals surface area contributed by atoms with E-state index >= 15 is 0 Å². The molecule has 1 aliphatic carbocycles. The smallest absolute Gasteiger partial charge is 0.387 e. The molecule has 0 radical (unpaired) electrons. The third-order valence-electron chi connectivity index (χ3n) is 4.78. The number of carbonyl (C=O) groups is 2. The van der Waals surface area contributed by atoms with Crippen LogP contribution < -0.4 is 9.47 Å². The summed E-state index contributed by atoms with van der Waals surface area (Å²) >= 11 is 0. The number of Topliss-reactive ketones (excluding diaryl/α,β-unsaturated/α-hetero) is 1. The monoisotopic (exact) mass is 358 g/mol. The highest BCUT2D eigenvalue weighted by molar-refractivity contribution is 6.07. The molecule has 1 aliphatic heterocycles. The summed E-state index contributed by atoms with van der Waals surface area (Å²) in [4.78, 5) is 25.0. The lowest BCUT2D eigenvalue weighted by molar-refractivity contribution is -0.177. The molecule has 1 aromatic rings. The van der Waals surface area contributed by atoms with Crippen LogP contribution in [0.25, 0.3) is 0 Å².